The normalized spacial score (nSPS) is 17.1. The fourth-order valence-corrected chi connectivity index (χ4v) is 2.28. The molecule has 6 heteroatoms. The number of amides is 1. The van der Waals surface area contributed by atoms with Crippen LogP contribution in [0.15, 0.2) is 22.1 Å². The Kier molecular flexibility index (Phi) is 4.24. The summed E-state index contributed by atoms with van der Waals surface area (Å²) in [7, 11) is 0. The highest BCUT2D eigenvalue weighted by molar-refractivity contribution is 7.99. The van der Waals surface area contributed by atoms with Gasteiger partial charge in [0.25, 0.3) is 5.22 Å². The first-order valence-corrected chi connectivity index (χ1v) is 6.35. The van der Waals surface area contributed by atoms with Crippen LogP contribution in [0.5, 0.6) is 0 Å². The van der Waals surface area contributed by atoms with E-state index in [0.717, 1.165) is 32.6 Å². The van der Waals surface area contributed by atoms with Crippen molar-refractivity contribution >= 4 is 17.7 Å². The summed E-state index contributed by atoms with van der Waals surface area (Å²) >= 11 is 1.35. The Bertz CT molecular complexity index is 321. The Morgan fingerprint density at radius 3 is 3.31 bits per heavy atom. The maximum atomic E-state index is 11.9. The lowest BCUT2D eigenvalue weighted by Crippen LogP contribution is -2.35. The largest absolute Gasteiger partial charge is 0.440 e. The van der Waals surface area contributed by atoms with E-state index in [2.05, 4.69) is 10.3 Å². The van der Waals surface area contributed by atoms with Crippen molar-refractivity contribution in [3.63, 3.8) is 0 Å². The molecule has 1 N–H and O–H groups in total. The van der Waals surface area contributed by atoms with Crippen LogP contribution in [0.1, 0.15) is 6.42 Å². The molecule has 0 radical (unpaired) electrons. The number of hydrogen-bond acceptors (Lipinski definition) is 5. The third-order valence-electron chi connectivity index (χ3n) is 2.42. The standard InChI is InChI=1S/C10H15N3O2S/c14-9(8-16-10-12-4-7-15-10)13-5-1-2-11-3-6-13/h4,7,11H,1-3,5-6,8H2. The van der Waals surface area contributed by atoms with Crippen molar-refractivity contribution in [3.8, 4) is 0 Å². The second kappa shape index (κ2) is 5.91. The second-order valence-corrected chi connectivity index (χ2v) is 4.50. The minimum absolute atomic E-state index is 0.159. The number of carbonyl (C=O) groups excluding carboxylic acids is 1. The summed E-state index contributed by atoms with van der Waals surface area (Å²) in [6.07, 6.45) is 4.13. The molecule has 88 valence electrons. The van der Waals surface area contributed by atoms with Crippen molar-refractivity contribution in [1.82, 2.24) is 15.2 Å². The van der Waals surface area contributed by atoms with Crippen LogP contribution in [0, 0.1) is 0 Å². The quantitative estimate of drug-likeness (QED) is 0.785. The van der Waals surface area contributed by atoms with Gasteiger partial charge in [-0.1, -0.05) is 11.8 Å². The molecule has 0 spiro atoms. The molecule has 1 saturated heterocycles. The lowest BCUT2D eigenvalue weighted by molar-refractivity contribution is -0.128. The molecular formula is C10H15N3O2S. The summed E-state index contributed by atoms with van der Waals surface area (Å²) in [5.41, 5.74) is 0. The smallest absolute Gasteiger partial charge is 0.256 e. The maximum absolute atomic E-state index is 11.9. The Labute approximate surface area is 98.6 Å². The number of oxazole rings is 1. The average molecular weight is 241 g/mol. The van der Waals surface area contributed by atoms with Gasteiger partial charge in [-0.2, -0.15) is 0 Å². The number of carbonyl (C=O) groups is 1. The van der Waals surface area contributed by atoms with Gasteiger partial charge in [0.2, 0.25) is 5.91 Å². The third kappa shape index (κ3) is 3.24. The zero-order valence-electron chi connectivity index (χ0n) is 9.02. The van der Waals surface area contributed by atoms with Gasteiger partial charge in [-0.3, -0.25) is 4.79 Å². The highest BCUT2D eigenvalue weighted by Gasteiger charge is 2.15. The Morgan fingerprint density at radius 2 is 2.50 bits per heavy atom. The highest BCUT2D eigenvalue weighted by atomic mass is 32.2. The van der Waals surface area contributed by atoms with Crippen LogP contribution in [-0.4, -0.2) is 47.7 Å². The van der Waals surface area contributed by atoms with Crippen LogP contribution < -0.4 is 5.32 Å². The summed E-state index contributed by atoms with van der Waals surface area (Å²) in [5, 5.41) is 3.83. The zero-order chi connectivity index (χ0) is 11.2. The van der Waals surface area contributed by atoms with E-state index in [1.165, 1.54) is 18.0 Å². The van der Waals surface area contributed by atoms with Gasteiger partial charge in [0.05, 0.1) is 11.9 Å². The summed E-state index contributed by atoms with van der Waals surface area (Å²) < 4.78 is 5.06. The van der Waals surface area contributed by atoms with E-state index in [0.29, 0.717) is 11.0 Å². The van der Waals surface area contributed by atoms with Gasteiger partial charge >= 0.3 is 0 Å². The fraction of sp³-hybridized carbons (Fsp3) is 0.600. The molecule has 0 saturated carbocycles. The van der Waals surface area contributed by atoms with Crippen molar-refractivity contribution in [2.75, 3.05) is 31.9 Å². The lowest BCUT2D eigenvalue weighted by atomic mass is 10.4. The lowest BCUT2D eigenvalue weighted by Gasteiger charge is -2.19. The van der Waals surface area contributed by atoms with Crippen LogP contribution in [0.2, 0.25) is 0 Å². The first-order chi connectivity index (χ1) is 7.86. The molecule has 1 aromatic heterocycles. The van der Waals surface area contributed by atoms with Gasteiger partial charge in [-0.05, 0) is 13.0 Å². The third-order valence-corrected chi connectivity index (χ3v) is 3.26. The van der Waals surface area contributed by atoms with E-state index in [1.807, 2.05) is 4.90 Å². The van der Waals surface area contributed by atoms with Crippen molar-refractivity contribution < 1.29 is 9.21 Å². The van der Waals surface area contributed by atoms with Crippen LogP contribution >= 0.6 is 11.8 Å². The van der Waals surface area contributed by atoms with Gasteiger partial charge in [0, 0.05) is 19.6 Å². The summed E-state index contributed by atoms with van der Waals surface area (Å²) in [5.74, 6) is 0.562. The van der Waals surface area contributed by atoms with E-state index in [4.69, 9.17) is 4.42 Å². The number of aromatic nitrogens is 1. The number of thioether (sulfide) groups is 1. The minimum atomic E-state index is 0.159. The molecule has 1 amide bonds. The van der Waals surface area contributed by atoms with Gasteiger partial charge in [-0.25, -0.2) is 4.98 Å². The number of hydrogen-bond donors (Lipinski definition) is 1. The van der Waals surface area contributed by atoms with Crippen molar-refractivity contribution in [2.24, 2.45) is 0 Å². The molecule has 0 aromatic carbocycles. The van der Waals surface area contributed by atoms with Crippen molar-refractivity contribution in [1.29, 1.82) is 0 Å². The Balaban J connectivity index is 1.78. The predicted octanol–water partition coefficient (Wildman–Crippen LogP) is 0.589. The monoisotopic (exact) mass is 241 g/mol. The van der Waals surface area contributed by atoms with E-state index >= 15 is 0 Å². The SMILES string of the molecule is O=C(CSc1ncco1)N1CCCNCC1. The molecule has 0 aliphatic carbocycles. The fourth-order valence-electron chi connectivity index (χ4n) is 1.59. The zero-order valence-corrected chi connectivity index (χ0v) is 9.83. The van der Waals surface area contributed by atoms with Gasteiger partial charge < -0.3 is 14.6 Å². The molecule has 1 aliphatic heterocycles. The van der Waals surface area contributed by atoms with Gasteiger partial charge in [0.1, 0.15) is 6.26 Å². The molecule has 1 aliphatic rings. The molecule has 2 heterocycles. The summed E-state index contributed by atoms with van der Waals surface area (Å²) in [6, 6.07) is 0. The van der Waals surface area contributed by atoms with E-state index in [-0.39, 0.29) is 5.91 Å². The predicted molar refractivity (Wildman–Crippen MR) is 61.3 cm³/mol. The molecule has 2 rings (SSSR count). The van der Waals surface area contributed by atoms with Crippen LogP contribution in [0.25, 0.3) is 0 Å². The molecule has 16 heavy (non-hydrogen) atoms. The molecule has 1 fully saturated rings. The summed E-state index contributed by atoms with van der Waals surface area (Å²) in [6.45, 7) is 3.52. The highest BCUT2D eigenvalue weighted by Crippen LogP contribution is 2.15. The molecular weight excluding hydrogens is 226 g/mol. The van der Waals surface area contributed by atoms with Crippen LogP contribution in [0.3, 0.4) is 0 Å². The van der Waals surface area contributed by atoms with Crippen molar-refractivity contribution in [3.05, 3.63) is 12.5 Å². The van der Waals surface area contributed by atoms with E-state index in [9.17, 15) is 4.79 Å². The maximum Gasteiger partial charge on any atom is 0.256 e. The number of rotatable bonds is 3. The Hall–Kier alpha value is -1.01. The van der Waals surface area contributed by atoms with E-state index < -0.39 is 0 Å². The summed E-state index contributed by atoms with van der Waals surface area (Å²) in [4.78, 5) is 17.7. The topological polar surface area (TPSA) is 58.4 Å². The van der Waals surface area contributed by atoms with Crippen molar-refractivity contribution in [2.45, 2.75) is 11.6 Å². The first kappa shape index (κ1) is 11.5. The molecule has 0 unspecified atom stereocenters. The van der Waals surface area contributed by atoms with Crippen LogP contribution in [0.4, 0.5) is 0 Å². The average Bonchev–Trinajstić information content (AvgIpc) is 2.66. The second-order valence-electron chi connectivity index (χ2n) is 3.57. The van der Waals surface area contributed by atoms with Crippen LogP contribution in [-0.2, 0) is 4.79 Å². The van der Waals surface area contributed by atoms with E-state index in [1.54, 1.807) is 6.20 Å². The Morgan fingerprint density at radius 1 is 1.56 bits per heavy atom. The molecule has 5 nitrogen and oxygen atoms in total. The first-order valence-electron chi connectivity index (χ1n) is 5.37. The molecule has 0 bridgehead atoms. The molecule has 0 atom stereocenters. The number of nitrogens with one attached hydrogen (secondary N) is 1. The minimum Gasteiger partial charge on any atom is -0.440 e. The van der Waals surface area contributed by atoms with Gasteiger partial charge in [-0.15, -0.1) is 0 Å². The van der Waals surface area contributed by atoms with Gasteiger partial charge in [0.15, 0.2) is 0 Å². The number of nitrogens with zero attached hydrogens (tertiary/aromatic N) is 2. The molecule has 1 aromatic rings.